The summed E-state index contributed by atoms with van der Waals surface area (Å²) >= 11 is 0. The van der Waals surface area contributed by atoms with E-state index in [0.717, 1.165) is 16.5 Å². The van der Waals surface area contributed by atoms with Crippen molar-refractivity contribution in [2.24, 2.45) is 0 Å². The molecule has 0 fully saturated rings. The maximum absolute atomic E-state index is 12.1. The second-order valence-electron chi connectivity index (χ2n) is 4.90. The van der Waals surface area contributed by atoms with Gasteiger partial charge in [-0.25, -0.2) is 0 Å². The molecule has 5 nitrogen and oxygen atoms in total. The maximum Gasteiger partial charge on any atom is 0.244 e. The second kappa shape index (κ2) is 5.86. The fourth-order valence-electron chi connectivity index (χ4n) is 2.10. The third kappa shape index (κ3) is 2.71. The Labute approximate surface area is 119 Å². The predicted octanol–water partition coefficient (Wildman–Crippen LogP) is 2.22. The zero-order valence-electron chi connectivity index (χ0n) is 12.3. The quantitative estimate of drug-likeness (QED) is 0.927. The summed E-state index contributed by atoms with van der Waals surface area (Å²) in [5, 5.41) is 13.5. The lowest BCUT2D eigenvalue weighted by Crippen LogP contribution is -2.39. The lowest BCUT2D eigenvalue weighted by Gasteiger charge is -2.21. The number of carbonyl (C=O) groups is 1. The number of hydrogen-bond donors (Lipinski definition) is 1. The van der Waals surface area contributed by atoms with Crippen molar-refractivity contribution in [3.8, 4) is 0 Å². The van der Waals surface area contributed by atoms with Gasteiger partial charge in [0.05, 0.1) is 5.69 Å². The molecule has 106 valence electrons. The van der Waals surface area contributed by atoms with Gasteiger partial charge in [-0.1, -0.05) is 24.3 Å². The Morgan fingerprint density at radius 3 is 2.60 bits per heavy atom. The van der Waals surface area contributed by atoms with Crippen molar-refractivity contribution >= 4 is 22.5 Å². The van der Waals surface area contributed by atoms with Crippen LogP contribution in [0.25, 0.3) is 10.8 Å². The van der Waals surface area contributed by atoms with E-state index in [1.807, 2.05) is 45.0 Å². The minimum Gasteiger partial charge on any atom is -0.357 e. The molecule has 0 spiro atoms. The number of fused-ring (bicyclic) bond motifs is 1. The molecular formula is C15H20N4O. The number of rotatable bonds is 4. The van der Waals surface area contributed by atoms with E-state index in [9.17, 15) is 4.79 Å². The Morgan fingerprint density at radius 1 is 1.30 bits per heavy atom. The number of nitrogens with zero attached hydrogens (tertiary/aromatic N) is 3. The summed E-state index contributed by atoms with van der Waals surface area (Å²) in [6.07, 6.45) is 0. The molecule has 2 rings (SSSR count). The topological polar surface area (TPSA) is 58.1 Å². The lowest BCUT2D eigenvalue weighted by molar-refractivity contribution is -0.130. The van der Waals surface area contributed by atoms with Crippen LogP contribution in [0.2, 0.25) is 0 Å². The summed E-state index contributed by atoms with van der Waals surface area (Å²) in [7, 11) is 1.79. The number of carbonyl (C=O) groups excluding carboxylic acids is 1. The van der Waals surface area contributed by atoms with Crippen molar-refractivity contribution in [3.63, 3.8) is 0 Å². The van der Waals surface area contributed by atoms with Crippen LogP contribution in [0.3, 0.4) is 0 Å². The van der Waals surface area contributed by atoms with Crippen molar-refractivity contribution < 1.29 is 4.79 Å². The summed E-state index contributed by atoms with van der Waals surface area (Å²) in [4.78, 5) is 13.8. The van der Waals surface area contributed by atoms with Gasteiger partial charge in [0, 0.05) is 24.4 Å². The van der Waals surface area contributed by atoms with Gasteiger partial charge in [-0.05, 0) is 20.8 Å². The molecule has 2 aromatic rings. The molecule has 0 saturated carbocycles. The first kappa shape index (κ1) is 14.2. The van der Waals surface area contributed by atoms with E-state index in [4.69, 9.17) is 0 Å². The van der Waals surface area contributed by atoms with Crippen molar-refractivity contribution in [2.45, 2.75) is 26.8 Å². The van der Waals surface area contributed by atoms with Gasteiger partial charge in [0.15, 0.2) is 5.82 Å². The molecule has 1 aromatic carbocycles. The minimum atomic E-state index is -0.333. The summed E-state index contributed by atoms with van der Waals surface area (Å²) in [5.41, 5.74) is 0.885. The minimum absolute atomic E-state index is 0.0407. The van der Waals surface area contributed by atoms with Crippen LogP contribution < -0.4 is 5.32 Å². The van der Waals surface area contributed by atoms with Gasteiger partial charge in [0.2, 0.25) is 5.91 Å². The summed E-state index contributed by atoms with van der Waals surface area (Å²) < 4.78 is 0. The number of hydrogen-bond acceptors (Lipinski definition) is 4. The molecule has 20 heavy (non-hydrogen) atoms. The maximum atomic E-state index is 12.1. The van der Waals surface area contributed by atoms with Crippen LogP contribution in [0.1, 0.15) is 19.5 Å². The molecule has 1 atom stereocenters. The van der Waals surface area contributed by atoms with Crippen molar-refractivity contribution in [2.75, 3.05) is 18.9 Å². The number of nitrogens with one attached hydrogen (secondary N) is 1. The number of amides is 1. The number of likely N-dealkylation sites (N-methyl/N-ethyl adjacent to an activating group) is 1. The van der Waals surface area contributed by atoms with E-state index < -0.39 is 0 Å². The highest BCUT2D eigenvalue weighted by Gasteiger charge is 2.18. The van der Waals surface area contributed by atoms with Crippen molar-refractivity contribution in [1.29, 1.82) is 0 Å². The fourth-order valence-corrected chi connectivity index (χ4v) is 2.10. The number of aryl methyl sites for hydroxylation is 1. The molecule has 1 aromatic heterocycles. The first-order valence-electron chi connectivity index (χ1n) is 6.78. The van der Waals surface area contributed by atoms with Gasteiger partial charge in [0.25, 0.3) is 0 Å². The highest BCUT2D eigenvalue weighted by molar-refractivity contribution is 5.94. The fraction of sp³-hybridized carbons (Fsp3) is 0.400. The molecule has 0 radical (unpaired) electrons. The van der Waals surface area contributed by atoms with Gasteiger partial charge in [-0.2, -0.15) is 5.10 Å². The SMILES string of the molecule is CCN(C)C(=O)C(C)Nc1nnc(C)c2ccccc12. The van der Waals surface area contributed by atoms with E-state index in [-0.39, 0.29) is 11.9 Å². The first-order valence-corrected chi connectivity index (χ1v) is 6.78. The molecule has 1 heterocycles. The molecule has 0 bridgehead atoms. The average molecular weight is 272 g/mol. The highest BCUT2D eigenvalue weighted by atomic mass is 16.2. The van der Waals surface area contributed by atoms with Crippen molar-refractivity contribution in [1.82, 2.24) is 15.1 Å². The average Bonchev–Trinajstić information content (AvgIpc) is 2.48. The Balaban J connectivity index is 2.31. The molecule has 1 N–H and O–H groups in total. The number of anilines is 1. The molecular weight excluding hydrogens is 252 g/mol. The van der Waals surface area contributed by atoms with Crippen LogP contribution in [-0.2, 0) is 4.79 Å². The normalized spacial score (nSPS) is 12.2. The largest absolute Gasteiger partial charge is 0.357 e. The molecule has 5 heteroatoms. The Bertz CT molecular complexity index is 626. The number of benzene rings is 1. The molecule has 0 aliphatic carbocycles. The van der Waals surface area contributed by atoms with Crippen LogP contribution in [0.4, 0.5) is 5.82 Å². The Hall–Kier alpha value is -2.17. The molecule has 0 aliphatic heterocycles. The van der Waals surface area contributed by atoms with Crippen LogP contribution in [0.15, 0.2) is 24.3 Å². The van der Waals surface area contributed by atoms with Crippen LogP contribution >= 0.6 is 0 Å². The van der Waals surface area contributed by atoms with E-state index in [2.05, 4.69) is 15.5 Å². The zero-order chi connectivity index (χ0) is 14.7. The van der Waals surface area contributed by atoms with Gasteiger partial charge < -0.3 is 10.2 Å². The summed E-state index contributed by atoms with van der Waals surface area (Å²) in [6.45, 7) is 6.40. The van der Waals surface area contributed by atoms with Gasteiger partial charge in [-0.3, -0.25) is 4.79 Å². The second-order valence-corrected chi connectivity index (χ2v) is 4.90. The Kier molecular flexibility index (Phi) is 4.17. The molecule has 1 amide bonds. The van der Waals surface area contributed by atoms with Crippen LogP contribution in [-0.4, -0.2) is 40.6 Å². The molecule has 0 saturated heterocycles. The molecule has 0 aliphatic rings. The predicted molar refractivity (Wildman–Crippen MR) is 80.7 cm³/mol. The van der Waals surface area contributed by atoms with E-state index in [1.165, 1.54) is 0 Å². The lowest BCUT2D eigenvalue weighted by atomic mass is 10.1. The van der Waals surface area contributed by atoms with Crippen LogP contribution in [0.5, 0.6) is 0 Å². The summed E-state index contributed by atoms with van der Waals surface area (Å²) in [6, 6.07) is 7.59. The van der Waals surface area contributed by atoms with E-state index in [1.54, 1.807) is 11.9 Å². The third-order valence-corrected chi connectivity index (χ3v) is 3.45. The summed E-state index contributed by atoms with van der Waals surface area (Å²) in [5.74, 6) is 0.690. The number of aromatic nitrogens is 2. The van der Waals surface area contributed by atoms with Crippen molar-refractivity contribution in [3.05, 3.63) is 30.0 Å². The standard InChI is InChI=1S/C15H20N4O/c1-5-19(4)15(20)11(3)16-14-13-9-7-6-8-12(13)10(2)17-18-14/h6-9,11H,5H2,1-4H3,(H,16,18). The third-order valence-electron chi connectivity index (χ3n) is 3.45. The van der Waals surface area contributed by atoms with Crippen LogP contribution in [0, 0.1) is 6.92 Å². The first-order chi connectivity index (χ1) is 9.54. The smallest absolute Gasteiger partial charge is 0.244 e. The highest BCUT2D eigenvalue weighted by Crippen LogP contribution is 2.22. The van der Waals surface area contributed by atoms with Gasteiger partial charge in [-0.15, -0.1) is 5.10 Å². The zero-order valence-corrected chi connectivity index (χ0v) is 12.3. The van der Waals surface area contributed by atoms with E-state index in [0.29, 0.717) is 12.4 Å². The van der Waals surface area contributed by atoms with Gasteiger partial charge >= 0.3 is 0 Å². The molecule has 1 unspecified atom stereocenters. The van der Waals surface area contributed by atoms with E-state index >= 15 is 0 Å². The monoisotopic (exact) mass is 272 g/mol. The Morgan fingerprint density at radius 2 is 1.95 bits per heavy atom. The van der Waals surface area contributed by atoms with Gasteiger partial charge in [0.1, 0.15) is 6.04 Å².